The highest BCUT2D eigenvalue weighted by atomic mass is 16.5. The molecule has 1 unspecified atom stereocenters. The van der Waals surface area contributed by atoms with Crippen LogP contribution in [0.25, 0.3) is 10.9 Å². The summed E-state index contributed by atoms with van der Waals surface area (Å²) in [5.74, 6) is 0.613. The molecule has 1 aromatic heterocycles. The maximum Gasteiger partial charge on any atom is 0.0875 e. The molecule has 1 aromatic carbocycles. The molecule has 1 saturated heterocycles. The lowest BCUT2D eigenvalue weighted by atomic mass is 9.88. The van der Waals surface area contributed by atoms with Gasteiger partial charge in [0.05, 0.1) is 17.3 Å². The summed E-state index contributed by atoms with van der Waals surface area (Å²) in [6.07, 6.45) is 2.23. The van der Waals surface area contributed by atoms with Crippen LogP contribution in [0.2, 0.25) is 0 Å². The Morgan fingerprint density at radius 1 is 1.35 bits per heavy atom. The normalized spacial score (nSPS) is 18.5. The van der Waals surface area contributed by atoms with Gasteiger partial charge in [-0.25, -0.2) is 0 Å². The third-order valence-corrected chi connectivity index (χ3v) is 4.24. The van der Waals surface area contributed by atoms with E-state index in [1.165, 1.54) is 16.6 Å². The summed E-state index contributed by atoms with van der Waals surface area (Å²) < 4.78 is 7.50. The fourth-order valence-corrected chi connectivity index (χ4v) is 3.23. The number of fused-ring (bicyclic) bond motifs is 1. The van der Waals surface area contributed by atoms with E-state index in [0.717, 1.165) is 32.6 Å². The quantitative estimate of drug-likeness (QED) is 0.931. The van der Waals surface area contributed by atoms with E-state index < -0.39 is 0 Å². The molecule has 0 bridgehead atoms. The minimum absolute atomic E-state index is 0.329. The fourth-order valence-electron chi connectivity index (χ4n) is 3.23. The van der Waals surface area contributed by atoms with Crippen molar-refractivity contribution in [1.82, 2.24) is 15.1 Å². The second-order valence-corrected chi connectivity index (χ2v) is 5.51. The Balaban J connectivity index is 2.00. The maximum atomic E-state index is 5.50. The number of hydrogen-bond acceptors (Lipinski definition) is 3. The van der Waals surface area contributed by atoms with Crippen LogP contribution in [-0.2, 0) is 11.8 Å². The summed E-state index contributed by atoms with van der Waals surface area (Å²) >= 11 is 0. The van der Waals surface area contributed by atoms with Crippen LogP contribution >= 0.6 is 0 Å². The third kappa shape index (κ3) is 2.45. The molecular formula is C16H23N3O. The number of hydrogen-bond donors (Lipinski definition) is 1. The van der Waals surface area contributed by atoms with Crippen LogP contribution in [0.5, 0.6) is 0 Å². The molecular weight excluding hydrogens is 250 g/mol. The Hall–Kier alpha value is -1.39. The Labute approximate surface area is 120 Å². The predicted molar refractivity (Wildman–Crippen MR) is 80.7 cm³/mol. The van der Waals surface area contributed by atoms with E-state index >= 15 is 0 Å². The minimum Gasteiger partial charge on any atom is -0.381 e. The first-order valence-electron chi connectivity index (χ1n) is 7.54. The highest BCUT2D eigenvalue weighted by Crippen LogP contribution is 2.33. The molecule has 20 heavy (non-hydrogen) atoms. The number of rotatable bonds is 4. The lowest BCUT2D eigenvalue weighted by molar-refractivity contribution is 0.0534. The molecule has 108 valence electrons. The van der Waals surface area contributed by atoms with Gasteiger partial charge in [-0.2, -0.15) is 5.10 Å². The van der Waals surface area contributed by atoms with Crippen molar-refractivity contribution >= 4 is 10.9 Å². The summed E-state index contributed by atoms with van der Waals surface area (Å²) in [6, 6.07) is 8.82. The second-order valence-electron chi connectivity index (χ2n) is 5.51. The average molecular weight is 273 g/mol. The number of benzene rings is 1. The second kappa shape index (κ2) is 5.94. The summed E-state index contributed by atoms with van der Waals surface area (Å²) in [6.45, 7) is 4.87. The van der Waals surface area contributed by atoms with Gasteiger partial charge in [0, 0.05) is 25.6 Å². The molecule has 1 aliphatic rings. The number of nitrogens with one attached hydrogen (secondary N) is 1. The number of aromatic nitrogens is 2. The van der Waals surface area contributed by atoms with E-state index in [9.17, 15) is 0 Å². The summed E-state index contributed by atoms with van der Waals surface area (Å²) in [5, 5.41) is 9.71. The first-order chi connectivity index (χ1) is 9.81. The van der Waals surface area contributed by atoms with Crippen molar-refractivity contribution in [3.63, 3.8) is 0 Å². The zero-order valence-electron chi connectivity index (χ0n) is 12.3. The van der Waals surface area contributed by atoms with Crippen LogP contribution in [0.3, 0.4) is 0 Å². The van der Waals surface area contributed by atoms with Crippen molar-refractivity contribution < 1.29 is 4.74 Å². The molecule has 1 N–H and O–H groups in total. The summed E-state index contributed by atoms with van der Waals surface area (Å²) in [4.78, 5) is 0. The molecule has 4 nitrogen and oxygen atoms in total. The van der Waals surface area contributed by atoms with E-state index in [-0.39, 0.29) is 0 Å². The van der Waals surface area contributed by atoms with Gasteiger partial charge in [0.25, 0.3) is 0 Å². The first kappa shape index (κ1) is 13.6. The zero-order valence-corrected chi connectivity index (χ0v) is 12.3. The lowest BCUT2D eigenvalue weighted by Crippen LogP contribution is -2.32. The number of ether oxygens (including phenoxy) is 1. The Bertz CT molecular complexity index is 572. The van der Waals surface area contributed by atoms with Crippen LogP contribution in [0.4, 0.5) is 0 Å². The van der Waals surface area contributed by atoms with Gasteiger partial charge in [0.15, 0.2) is 0 Å². The Morgan fingerprint density at radius 2 is 2.10 bits per heavy atom. The SMILES string of the molecule is CCNC(c1nn(C)c2ccccc12)C1CCOCC1. The summed E-state index contributed by atoms with van der Waals surface area (Å²) in [5.41, 5.74) is 2.40. The molecule has 0 radical (unpaired) electrons. The molecule has 3 rings (SSSR count). The Kier molecular flexibility index (Phi) is 4.03. The molecule has 2 aromatic rings. The number of nitrogens with zero attached hydrogens (tertiary/aromatic N) is 2. The van der Waals surface area contributed by atoms with Gasteiger partial charge in [-0.15, -0.1) is 0 Å². The standard InChI is InChI=1S/C16H23N3O/c1-3-17-15(12-8-10-20-11-9-12)16-13-6-4-5-7-14(13)19(2)18-16/h4-7,12,15,17H,3,8-11H2,1-2H3. The van der Waals surface area contributed by atoms with E-state index in [0.29, 0.717) is 12.0 Å². The molecule has 0 amide bonds. The topological polar surface area (TPSA) is 39.1 Å². The number of para-hydroxylation sites is 1. The molecule has 0 aliphatic carbocycles. The van der Waals surface area contributed by atoms with Gasteiger partial charge in [0.2, 0.25) is 0 Å². The number of aryl methyl sites for hydroxylation is 1. The van der Waals surface area contributed by atoms with Gasteiger partial charge in [-0.1, -0.05) is 25.1 Å². The monoisotopic (exact) mass is 273 g/mol. The molecule has 1 aliphatic heterocycles. The minimum atomic E-state index is 0.329. The van der Waals surface area contributed by atoms with Crippen molar-refractivity contribution in [3.05, 3.63) is 30.0 Å². The van der Waals surface area contributed by atoms with Crippen LogP contribution in [0.15, 0.2) is 24.3 Å². The van der Waals surface area contributed by atoms with Gasteiger partial charge in [-0.05, 0) is 31.4 Å². The Morgan fingerprint density at radius 3 is 2.85 bits per heavy atom. The predicted octanol–water partition coefficient (Wildman–Crippen LogP) is 2.65. The fraction of sp³-hybridized carbons (Fsp3) is 0.562. The zero-order chi connectivity index (χ0) is 13.9. The van der Waals surface area contributed by atoms with Crippen LogP contribution < -0.4 is 5.32 Å². The smallest absolute Gasteiger partial charge is 0.0875 e. The van der Waals surface area contributed by atoms with E-state index in [1.54, 1.807) is 0 Å². The third-order valence-electron chi connectivity index (χ3n) is 4.24. The van der Waals surface area contributed by atoms with Crippen LogP contribution in [-0.4, -0.2) is 29.5 Å². The van der Waals surface area contributed by atoms with Gasteiger partial charge < -0.3 is 10.1 Å². The van der Waals surface area contributed by atoms with Crippen molar-refractivity contribution in [2.24, 2.45) is 13.0 Å². The maximum absolute atomic E-state index is 5.50. The van der Waals surface area contributed by atoms with Gasteiger partial charge in [0.1, 0.15) is 0 Å². The highest BCUT2D eigenvalue weighted by Gasteiger charge is 2.28. The van der Waals surface area contributed by atoms with Crippen molar-refractivity contribution in [2.75, 3.05) is 19.8 Å². The van der Waals surface area contributed by atoms with Gasteiger partial charge in [-0.3, -0.25) is 4.68 Å². The molecule has 0 spiro atoms. The van der Waals surface area contributed by atoms with E-state index in [1.807, 2.05) is 11.7 Å². The van der Waals surface area contributed by atoms with Crippen molar-refractivity contribution in [3.8, 4) is 0 Å². The van der Waals surface area contributed by atoms with E-state index in [2.05, 4.69) is 36.5 Å². The van der Waals surface area contributed by atoms with Crippen LogP contribution in [0, 0.1) is 5.92 Å². The summed E-state index contributed by atoms with van der Waals surface area (Å²) in [7, 11) is 2.03. The van der Waals surface area contributed by atoms with E-state index in [4.69, 9.17) is 9.84 Å². The molecule has 1 fully saturated rings. The highest BCUT2D eigenvalue weighted by molar-refractivity contribution is 5.82. The van der Waals surface area contributed by atoms with Crippen molar-refractivity contribution in [1.29, 1.82) is 0 Å². The molecule has 0 saturated carbocycles. The van der Waals surface area contributed by atoms with Gasteiger partial charge >= 0.3 is 0 Å². The van der Waals surface area contributed by atoms with Crippen LogP contribution in [0.1, 0.15) is 31.5 Å². The lowest BCUT2D eigenvalue weighted by Gasteiger charge is -2.30. The largest absolute Gasteiger partial charge is 0.381 e. The van der Waals surface area contributed by atoms with Crippen molar-refractivity contribution in [2.45, 2.75) is 25.8 Å². The first-order valence-corrected chi connectivity index (χ1v) is 7.54. The molecule has 1 atom stereocenters. The average Bonchev–Trinajstić information content (AvgIpc) is 2.83. The molecule has 4 heteroatoms. The molecule has 2 heterocycles.